The second-order valence-corrected chi connectivity index (χ2v) is 6.24. The second kappa shape index (κ2) is 7.43. The molecule has 1 aromatic carbocycles. The predicted octanol–water partition coefficient (Wildman–Crippen LogP) is 0.629. The first-order valence-corrected chi connectivity index (χ1v) is 8.45. The van der Waals surface area contributed by atoms with E-state index in [-0.39, 0.29) is 17.3 Å². The maximum Gasteiger partial charge on any atom is 0.283 e. The van der Waals surface area contributed by atoms with E-state index in [2.05, 4.69) is 4.90 Å². The lowest BCUT2D eigenvalue weighted by molar-refractivity contribution is -0.121. The fraction of sp³-hybridized carbons (Fsp3) is 0.412. The molecule has 1 saturated heterocycles. The third-order valence-corrected chi connectivity index (χ3v) is 4.76. The van der Waals surface area contributed by atoms with Gasteiger partial charge in [0.25, 0.3) is 11.8 Å². The van der Waals surface area contributed by atoms with Gasteiger partial charge in [0.1, 0.15) is 16.5 Å². The van der Waals surface area contributed by atoms with Crippen LogP contribution in [0.25, 0.3) is 0 Å². The summed E-state index contributed by atoms with van der Waals surface area (Å²) in [6.07, 6.45) is 0. The van der Waals surface area contributed by atoms with Crippen LogP contribution in [0.2, 0.25) is 0 Å². The molecule has 134 valence electrons. The maximum absolute atomic E-state index is 12.9. The lowest BCUT2D eigenvalue weighted by atomic mass is 10.2. The molecule has 0 bridgehead atoms. The van der Waals surface area contributed by atoms with Crippen LogP contribution in [0.3, 0.4) is 0 Å². The van der Waals surface area contributed by atoms with Crippen molar-refractivity contribution in [1.29, 1.82) is 0 Å². The summed E-state index contributed by atoms with van der Waals surface area (Å²) < 4.78 is 5.16. The quantitative estimate of drug-likeness (QED) is 0.772. The molecule has 2 heterocycles. The number of carbonyl (C=O) groups excluding carboxylic acids is 2. The van der Waals surface area contributed by atoms with Crippen molar-refractivity contribution in [2.45, 2.75) is 0 Å². The summed E-state index contributed by atoms with van der Waals surface area (Å²) in [5.41, 5.74) is 0.680. The summed E-state index contributed by atoms with van der Waals surface area (Å²) in [5, 5.41) is 8.96. The van der Waals surface area contributed by atoms with Crippen molar-refractivity contribution in [3.05, 3.63) is 35.0 Å². The van der Waals surface area contributed by atoms with Crippen molar-refractivity contribution >= 4 is 29.1 Å². The molecule has 1 fully saturated rings. The minimum absolute atomic E-state index is 0.0524. The molecule has 2 aliphatic heterocycles. The van der Waals surface area contributed by atoms with Crippen LogP contribution in [-0.4, -0.2) is 73.2 Å². The first-order chi connectivity index (χ1) is 12.1. The second-order valence-electron chi connectivity index (χ2n) is 5.86. The first-order valence-electron chi connectivity index (χ1n) is 8.07. The third-order valence-electron chi connectivity index (χ3n) is 4.42. The molecular weight excluding hydrogens is 346 g/mol. The molecule has 0 aliphatic carbocycles. The number of halogens is 1. The van der Waals surface area contributed by atoms with E-state index in [0.29, 0.717) is 44.2 Å². The Morgan fingerprint density at radius 1 is 1.16 bits per heavy atom. The van der Waals surface area contributed by atoms with Crippen molar-refractivity contribution in [2.24, 2.45) is 0 Å². The minimum atomic E-state index is -0.521. The molecule has 0 unspecified atom stereocenters. The van der Waals surface area contributed by atoms with Crippen LogP contribution < -0.4 is 9.64 Å². The zero-order chi connectivity index (χ0) is 18.0. The summed E-state index contributed by atoms with van der Waals surface area (Å²) in [5.74, 6) is -0.383. The number of hydrogen-bond donors (Lipinski definition) is 1. The van der Waals surface area contributed by atoms with E-state index in [1.807, 2.05) is 4.90 Å². The highest BCUT2D eigenvalue weighted by Gasteiger charge is 2.42. The number of aliphatic hydroxyl groups excluding tert-OH is 1. The Labute approximate surface area is 151 Å². The Morgan fingerprint density at radius 3 is 2.52 bits per heavy atom. The van der Waals surface area contributed by atoms with Gasteiger partial charge >= 0.3 is 0 Å². The number of ether oxygens (including phenoxy) is 1. The fourth-order valence-corrected chi connectivity index (χ4v) is 3.37. The molecule has 0 atom stereocenters. The number of nitrogens with zero attached hydrogens (tertiary/aromatic N) is 3. The zero-order valence-corrected chi connectivity index (χ0v) is 14.7. The number of piperazine rings is 1. The zero-order valence-electron chi connectivity index (χ0n) is 13.9. The number of imide groups is 1. The molecule has 0 radical (unpaired) electrons. The van der Waals surface area contributed by atoms with Crippen LogP contribution in [-0.2, 0) is 9.59 Å². The van der Waals surface area contributed by atoms with Crippen molar-refractivity contribution in [2.75, 3.05) is 51.3 Å². The molecule has 0 aromatic heterocycles. The lowest BCUT2D eigenvalue weighted by Gasteiger charge is -2.35. The van der Waals surface area contributed by atoms with Crippen molar-refractivity contribution in [1.82, 2.24) is 9.80 Å². The van der Waals surface area contributed by atoms with Gasteiger partial charge in [-0.15, -0.1) is 0 Å². The number of carbonyl (C=O) groups is 2. The van der Waals surface area contributed by atoms with Gasteiger partial charge < -0.3 is 14.7 Å². The molecule has 1 aromatic rings. The average Bonchev–Trinajstić information content (AvgIpc) is 2.85. The molecule has 0 saturated carbocycles. The standard InChI is InChI=1S/C17H20ClN3O4/c1-25-13-4-2-3-12(11-13)21-16(23)14(18)15(17(21)24)20-7-5-19(6-8-20)9-10-22/h2-4,11,22H,5-10H2,1H3. The Hall–Kier alpha value is -2.09. The number of amides is 2. The molecule has 7 nitrogen and oxygen atoms in total. The Bertz CT molecular complexity index is 714. The van der Waals surface area contributed by atoms with Crippen LogP contribution in [0.4, 0.5) is 5.69 Å². The third kappa shape index (κ3) is 3.35. The summed E-state index contributed by atoms with van der Waals surface area (Å²) >= 11 is 6.21. The Morgan fingerprint density at radius 2 is 1.88 bits per heavy atom. The Kier molecular flexibility index (Phi) is 5.27. The Balaban J connectivity index is 1.80. The van der Waals surface area contributed by atoms with E-state index in [1.54, 1.807) is 24.3 Å². The summed E-state index contributed by atoms with van der Waals surface area (Å²) in [6, 6.07) is 6.76. The van der Waals surface area contributed by atoms with E-state index in [1.165, 1.54) is 7.11 Å². The van der Waals surface area contributed by atoms with Gasteiger partial charge in [-0.1, -0.05) is 17.7 Å². The van der Waals surface area contributed by atoms with Gasteiger partial charge in [0, 0.05) is 38.8 Å². The molecular formula is C17H20ClN3O4. The van der Waals surface area contributed by atoms with Crippen LogP contribution >= 0.6 is 11.6 Å². The van der Waals surface area contributed by atoms with Gasteiger partial charge in [0.2, 0.25) is 0 Å². The molecule has 1 N–H and O–H groups in total. The number of methoxy groups -OCH3 is 1. The van der Waals surface area contributed by atoms with E-state index < -0.39 is 11.8 Å². The fourth-order valence-electron chi connectivity index (χ4n) is 3.09. The first kappa shape index (κ1) is 17.7. The minimum Gasteiger partial charge on any atom is -0.497 e. The number of β-amino-alcohol motifs (C(OH)–C–C–N with tert-alkyl or cyclic N) is 1. The van der Waals surface area contributed by atoms with Crippen molar-refractivity contribution in [3.8, 4) is 5.75 Å². The maximum atomic E-state index is 12.9. The van der Waals surface area contributed by atoms with E-state index >= 15 is 0 Å². The number of hydrogen-bond acceptors (Lipinski definition) is 6. The van der Waals surface area contributed by atoms with Crippen LogP contribution in [0.5, 0.6) is 5.75 Å². The van der Waals surface area contributed by atoms with Crippen LogP contribution in [0, 0.1) is 0 Å². The van der Waals surface area contributed by atoms with Gasteiger partial charge in [-0.2, -0.15) is 0 Å². The van der Waals surface area contributed by atoms with Crippen molar-refractivity contribution in [3.63, 3.8) is 0 Å². The van der Waals surface area contributed by atoms with Gasteiger partial charge in [0.05, 0.1) is 19.4 Å². The smallest absolute Gasteiger partial charge is 0.283 e. The molecule has 2 aliphatic rings. The number of benzene rings is 1. The van der Waals surface area contributed by atoms with Gasteiger partial charge in [-0.05, 0) is 12.1 Å². The monoisotopic (exact) mass is 365 g/mol. The van der Waals surface area contributed by atoms with E-state index in [4.69, 9.17) is 21.4 Å². The van der Waals surface area contributed by atoms with Gasteiger partial charge in [0.15, 0.2) is 0 Å². The highest BCUT2D eigenvalue weighted by Crippen LogP contribution is 2.32. The highest BCUT2D eigenvalue weighted by atomic mass is 35.5. The summed E-state index contributed by atoms with van der Waals surface area (Å²) in [7, 11) is 1.52. The number of anilines is 1. The van der Waals surface area contributed by atoms with Gasteiger partial charge in [-0.25, -0.2) is 4.90 Å². The summed E-state index contributed by atoms with van der Waals surface area (Å²) in [4.78, 5) is 30.4. The molecule has 3 rings (SSSR count). The lowest BCUT2D eigenvalue weighted by Crippen LogP contribution is -2.48. The summed E-state index contributed by atoms with van der Waals surface area (Å²) in [6.45, 7) is 3.27. The van der Waals surface area contributed by atoms with E-state index in [0.717, 1.165) is 4.90 Å². The SMILES string of the molecule is COc1cccc(N2C(=O)C(Cl)=C(N3CCN(CCO)CC3)C2=O)c1. The van der Waals surface area contributed by atoms with Crippen LogP contribution in [0.15, 0.2) is 35.0 Å². The molecule has 8 heteroatoms. The predicted molar refractivity (Wildman–Crippen MR) is 93.5 cm³/mol. The largest absolute Gasteiger partial charge is 0.497 e. The van der Waals surface area contributed by atoms with Crippen LogP contribution in [0.1, 0.15) is 0 Å². The average molecular weight is 366 g/mol. The normalized spacial score (nSPS) is 19.2. The molecule has 2 amide bonds. The van der Waals surface area contributed by atoms with Gasteiger partial charge in [-0.3, -0.25) is 14.5 Å². The van der Waals surface area contributed by atoms with Crippen molar-refractivity contribution < 1.29 is 19.4 Å². The van der Waals surface area contributed by atoms with E-state index in [9.17, 15) is 9.59 Å². The highest BCUT2D eigenvalue weighted by molar-refractivity contribution is 6.52. The topological polar surface area (TPSA) is 73.3 Å². The number of rotatable bonds is 5. The molecule has 25 heavy (non-hydrogen) atoms. The number of aliphatic hydroxyl groups is 1. The molecule has 0 spiro atoms.